The molecule has 1 unspecified atom stereocenters. The highest BCUT2D eigenvalue weighted by Crippen LogP contribution is 2.35. The second kappa shape index (κ2) is 11.7. The summed E-state index contributed by atoms with van der Waals surface area (Å²) < 4.78 is 13.4. The van der Waals surface area contributed by atoms with E-state index in [2.05, 4.69) is 24.0 Å². The highest BCUT2D eigenvalue weighted by Gasteiger charge is 2.23. The van der Waals surface area contributed by atoms with Crippen molar-refractivity contribution in [2.45, 2.75) is 26.0 Å². The predicted octanol–water partition coefficient (Wildman–Crippen LogP) is 5.83. The van der Waals surface area contributed by atoms with E-state index in [-0.39, 0.29) is 0 Å². The average molecular weight is 472 g/mol. The van der Waals surface area contributed by atoms with Crippen molar-refractivity contribution in [3.05, 3.63) is 96.1 Å². The van der Waals surface area contributed by atoms with Crippen LogP contribution >= 0.6 is 0 Å². The van der Waals surface area contributed by atoms with Crippen molar-refractivity contribution in [3.8, 4) is 28.6 Å². The van der Waals surface area contributed by atoms with Crippen molar-refractivity contribution >= 4 is 0 Å². The number of aliphatic hydroxyl groups is 1. The molecule has 0 amide bonds. The number of nitrogens with zero attached hydrogens (tertiary/aromatic N) is 3. The van der Waals surface area contributed by atoms with Gasteiger partial charge in [-0.1, -0.05) is 67.6 Å². The van der Waals surface area contributed by atoms with Crippen molar-refractivity contribution in [1.82, 2.24) is 14.7 Å². The molecule has 0 spiro atoms. The molecular weight excluding hydrogens is 438 g/mol. The number of aromatic nitrogens is 2. The highest BCUT2D eigenvalue weighted by atomic mass is 16.5. The minimum Gasteiger partial charge on any atom is -0.497 e. The smallest absolute Gasteiger partial charge is 0.222 e. The summed E-state index contributed by atoms with van der Waals surface area (Å²) in [5, 5.41) is 15.8. The number of benzene rings is 3. The Kier molecular flexibility index (Phi) is 8.19. The van der Waals surface area contributed by atoms with E-state index in [1.54, 1.807) is 11.8 Å². The number of hydrogen-bond donors (Lipinski definition) is 1. The number of rotatable bonds is 11. The first kappa shape index (κ1) is 24.5. The molecule has 0 aliphatic rings. The molecule has 1 N–H and O–H groups in total. The van der Waals surface area contributed by atoms with E-state index in [4.69, 9.17) is 14.6 Å². The molecule has 4 rings (SSSR count). The van der Waals surface area contributed by atoms with E-state index in [0.29, 0.717) is 24.7 Å². The summed E-state index contributed by atoms with van der Waals surface area (Å²) in [6, 6.07) is 27.5. The van der Waals surface area contributed by atoms with E-state index >= 15 is 0 Å². The zero-order valence-corrected chi connectivity index (χ0v) is 20.6. The van der Waals surface area contributed by atoms with E-state index in [1.807, 2.05) is 79.8 Å². The molecule has 182 valence electrons. The Bertz CT molecular complexity index is 1190. The van der Waals surface area contributed by atoms with Crippen molar-refractivity contribution < 1.29 is 14.6 Å². The van der Waals surface area contributed by atoms with Gasteiger partial charge in [0.2, 0.25) is 5.88 Å². The lowest BCUT2D eigenvalue weighted by Gasteiger charge is -2.25. The average Bonchev–Trinajstić information content (AvgIpc) is 3.20. The third kappa shape index (κ3) is 6.10. The molecule has 0 aliphatic carbocycles. The Morgan fingerprint density at radius 2 is 1.54 bits per heavy atom. The van der Waals surface area contributed by atoms with Gasteiger partial charge in [-0.25, -0.2) is 4.68 Å². The molecule has 35 heavy (non-hydrogen) atoms. The van der Waals surface area contributed by atoms with Crippen LogP contribution in [0.5, 0.6) is 17.4 Å². The Morgan fingerprint density at radius 1 is 0.914 bits per heavy atom. The molecule has 1 heterocycles. The Labute approximate surface area is 207 Å². The first-order valence-corrected chi connectivity index (χ1v) is 12.0. The molecule has 0 aliphatic heterocycles. The van der Waals surface area contributed by atoms with Gasteiger partial charge in [-0.15, -0.1) is 0 Å². The molecule has 6 heteroatoms. The predicted molar refractivity (Wildman–Crippen MR) is 139 cm³/mol. The molecule has 0 radical (unpaired) electrons. The molecule has 0 saturated heterocycles. The fourth-order valence-corrected chi connectivity index (χ4v) is 4.21. The largest absolute Gasteiger partial charge is 0.497 e. The molecule has 0 saturated carbocycles. The van der Waals surface area contributed by atoms with Gasteiger partial charge in [-0.2, -0.15) is 5.10 Å². The minimum absolute atomic E-state index is 0.517. The van der Waals surface area contributed by atoms with Crippen LogP contribution in [0.4, 0.5) is 0 Å². The Morgan fingerprint density at radius 3 is 2.17 bits per heavy atom. The lowest BCUT2D eigenvalue weighted by Crippen LogP contribution is -2.29. The molecule has 0 bridgehead atoms. The van der Waals surface area contributed by atoms with Crippen LogP contribution in [0, 0.1) is 0 Å². The van der Waals surface area contributed by atoms with E-state index in [0.717, 1.165) is 41.1 Å². The minimum atomic E-state index is -0.578. The number of aryl methyl sites for hydroxylation is 1. The SMILES string of the molecule is CCCN(Cc1c(-c2ccccc2)nn(C)c1Oc1ccc(OC)cc1)CC(O)c1ccccc1. The first-order chi connectivity index (χ1) is 17.1. The molecular formula is C29H33N3O3. The van der Waals surface area contributed by atoms with Crippen LogP contribution in [0.15, 0.2) is 84.9 Å². The molecule has 6 nitrogen and oxygen atoms in total. The molecule has 1 atom stereocenters. The van der Waals surface area contributed by atoms with Crippen molar-refractivity contribution in [3.63, 3.8) is 0 Å². The molecule has 3 aromatic carbocycles. The topological polar surface area (TPSA) is 59.8 Å². The maximum Gasteiger partial charge on any atom is 0.222 e. The summed E-state index contributed by atoms with van der Waals surface area (Å²) in [5.41, 5.74) is 3.82. The molecule has 0 fully saturated rings. The van der Waals surface area contributed by atoms with Crippen LogP contribution in [0.1, 0.15) is 30.6 Å². The summed E-state index contributed by atoms with van der Waals surface area (Å²) in [5.74, 6) is 2.17. The first-order valence-electron chi connectivity index (χ1n) is 12.0. The number of ether oxygens (including phenoxy) is 2. The second-order valence-electron chi connectivity index (χ2n) is 8.56. The van der Waals surface area contributed by atoms with Crippen molar-refractivity contribution in [1.29, 1.82) is 0 Å². The summed E-state index contributed by atoms with van der Waals surface area (Å²) >= 11 is 0. The van der Waals surface area contributed by atoms with E-state index in [1.165, 1.54) is 0 Å². The van der Waals surface area contributed by atoms with Gasteiger partial charge in [-0.05, 0) is 42.8 Å². The summed E-state index contributed by atoms with van der Waals surface area (Å²) in [4.78, 5) is 2.27. The van der Waals surface area contributed by atoms with Gasteiger partial charge >= 0.3 is 0 Å². The second-order valence-corrected chi connectivity index (χ2v) is 8.56. The van der Waals surface area contributed by atoms with E-state index in [9.17, 15) is 5.11 Å². The zero-order chi connectivity index (χ0) is 24.6. The Balaban J connectivity index is 1.67. The lowest BCUT2D eigenvalue weighted by atomic mass is 10.1. The van der Waals surface area contributed by atoms with Gasteiger partial charge in [0.15, 0.2) is 0 Å². The zero-order valence-electron chi connectivity index (χ0n) is 20.6. The van der Waals surface area contributed by atoms with Crippen LogP contribution in [0.3, 0.4) is 0 Å². The Hall–Kier alpha value is -3.61. The fourth-order valence-electron chi connectivity index (χ4n) is 4.21. The highest BCUT2D eigenvalue weighted by molar-refractivity contribution is 5.65. The van der Waals surface area contributed by atoms with Crippen molar-refractivity contribution in [2.24, 2.45) is 7.05 Å². The van der Waals surface area contributed by atoms with Crippen LogP contribution in [-0.4, -0.2) is 40.0 Å². The van der Waals surface area contributed by atoms with Crippen LogP contribution in [0.2, 0.25) is 0 Å². The van der Waals surface area contributed by atoms with Gasteiger partial charge in [0.1, 0.15) is 17.2 Å². The summed E-state index contributed by atoms with van der Waals surface area (Å²) in [6.45, 7) is 4.11. The lowest BCUT2D eigenvalue weighted by molar-refractivity contribution is 0.108. The number of aliphatic hydroxyl groups excluding tert-OH is 1. The maximum absolute atomic E-state index is 10.9. The fraction of sp³-hybridized carbons (Fsp3) is 0.276. The standard InChI is InChI=1S/C29H33N3O3/c1-4-19-32(21-27(33)22-11-7-5-8-12-22)20-26-28(23-13-9-6-10-14-23)30-31(2)29(26)35-25-17-15-24(34-3)16-18-25/h5-18,27,33H,4,19-21H2,1-3H3. The van der Waals surface area contributed by atoms with Crippen LogP contribution in [0.25, 0.3) is 11.3 Å². The van der Waals surface area contributed by atoms with E-state index < -0.39 is 6.10 Å². The third-order valence-corrected chi connectivity index (χ3v) is 5.95. The van der Waals surface area contributed by atoms with Gasteiger partial charge in [0.05, 0.1) is 18.8 Å². The maximum atomic E-state index is 10.9. The normalized spacial score (nSPS) is 12.0. The van der Waals surface area contributed by atoms with Gasteiger partial charge in [0, 0.05) is 25.7 Å². The van der Waals surface area contributed by atoms with Gasteiger partial charge in [0.25, 0.3) is 0 Å². The molecule has 4 aromatic rings. The number of hydrogen-bond acceptors (Lipinski definition) is 5. The summed E-state index contributed by atoms with van der Waals surface area (Å²) in [6.07, 6.45) is 0.391. The van der Waals surface area contributed by atoms with Crippen LogP contribution in [-0.2, 0) is 13.6 Å². The molecule has 1 aromatic heterocycles. The van der Waals surface area contributed by atoms with Crippen molar-refractivity contribution in [2.75, 3.05) is 20.2 Å². The van der Waals surface area contributed by atoms with Gasteiger partial charge in [-0.3, -0.25) is 4.90 Å². The van der Waals surface area contributed by atoms with Gasteiger partial charge < -0.3 is 14.6 Å². The van der Waals surface area contributed by atoms with Crippen LogP contribution < -0.4 is 9.47 Å². The monoisotopic (exact) mass is 471 g/mol. The summed E-state index contributed by atoms with van der Waals surface area (Å²) in [7, 11) is 3.55. The third-order valence-electron chi connectivity index (χ3n) is 5.95. The quantitative estimate of drug-likeness (QED) is 0.298. The number of methoxy groups -OCH3 is 1.